The summed E-state index contributed by atoms with van der Waals surface area (Å²) in [6.45, 7) is 4.74. The lowest BCUT2D eigenvalue weighted by Crippen LogP contribution is -2.02. The molecule has 0 atom stereocenters. The van der Waals surface area contributed by atoms with E-state index in [1.54, 1.807) is 6.07 Å². The highest BCUT2D eigenvalue weighted by Gasteiger charge is 2.18. The minimum Gasteiger partial charge on any atom is -0.490 e. The molecule has 0 saturated carbocycles. The highest BCUT2D eigenvalue weighted by molar-refractivity contribution is 5.72. The van der Waals surface area contributed by atoms with E-state index >= 15 is 4.39 Å². The number of rotatable bonds is 18. The first kappa shape index (κ1) is 30.8. The Morgan fingerprint density at radius 1 is 0.538 bits per heavy atom. The molecule has 3 rings (SSSR count). The summed E-state index contributed by atoms with van der Waals surface area (Å²) in [7, 11) is 0. The van der Waals surface area contributed by atoms with Crippen LogP contribution in [0.4, 0.5) is 13.2 Å². The zero-order valence-corrected chi connectivity index (χ0v) is 23.8. The lowest BCUT2D eigenvalue weighted by Gasteiger charge is -2.12. The number of ether oxygens (including phenoxy) is 1. The third-order valence-corrected chi connectivity index (χ3v) is 7.42. The highest BCUT2D eigenvalue weighted by atomic mass is 19.2. The van der Waals surface area contributed by atoms with Gasteiger partial charge in [-0.3, -0.25) is 0 Å². The Balaban J connectivity index is 1.56. The monoisotopic (exact) mass is 538 g/mol. The summed E-state index contributed by atoms with van der Waals surface area (Å²) in [4.78, 5) is 0. The Bertz CT molecular complexity index is 1120. The molecule has 0 N–H and O–H groups in total. The first-order valence-corrected chi connectivity index (χ1v) is 15.0. The summed E-state index contributed by atoms with van der Waals surface area (Å²) in [6.07, 6.45) is 16.5. The van der Waals surface area contributed by atoms with Crippen molar-refractivity contribution in [3.05, 3.63) is 77.6 Å². The molecule has 0 amide bonds. The molecule has 39 heavy (non-hydrogen) atoms. The second kappa shape index (κ2) is 17.0. The summed E-state index contributed by atoms with van der Waals surface area (Å²) >= 11 is 0. The molecule has 0 radical (unpaired) electrons. The smallest absolute Gasteiger partial charge is 0.201 e. The Hall–Kier alpha value is -2.75. The van der Waals surface area contributed by atoms with E-state index in [-0.39, 0.29) is 16.9 Å². The van der Waals surface area contributed by atoms with Crippen molar-refractivity contribution in [3.63, 3.8) is 0 Å². The third kappa shape index (κ3) is 9.74. The van der Waals surface area contributed by atoms with Gasteiger partial charge in [0.05, 0.1) is 6.61 Å². The molecule has 4 heteroatoms. The molecule has 0 bridgehead atoms. The van der Waals surface area contributed by atoms with Gasteiger partial charge in [0.2, 0.25) is 5.82 Å². The Morgan fingerprint density at radius 2 is 1.10 bits per heavy atom. The minimum atomic E-state index is -1.09. The Labute approximate surface area is 233 Å². The van der Waals surface area contributed by atoms with E-state index in [2.05, 4.69) is 26.0 Å². The van der Waals surface area contributed by atoms with Gasteiger partial charge in [0.15, 0.2) is 11.6 Å². The molecule has 0 aliphatic heterocycles. The summed E-state index contributed by atoms with van der Waals surface area (Å²) < 4.78 is 50.1. The fraction of sp³-hybridized carbons (Fsp3) is 0.486. The van der Waals surface area contributed by atoms with Gasteiger partial charge in [-0.2, -0.15) is 4.39 Å². The van der Waals surface area contributed by atoms with Gasteiger partial charge in [-0.1, -0.05) is 121 Å². The number of aryl methyl sites for hydroxylation is 1. The van der Waals surface area contributed by atoms with Crippen LogP contribution >= 0.6 is 0 Å². The maximum Gasteiger partial charge on any atom is 0.201 e. The van der Waals surface area contributed by atoms with E-state index in [0.717, 1.165) is 31.2 Å². The Kier molecular flexibility index (Phi) is 13.5. The lowest BCUT2D eigenvalue weighted by atomic mass is 9.97. The first-order chi connectivity index (χ1) is 19.0. The van der Waals surface area contributed by atoms with Crippen molar-refractivity contribution in [1.29, 1.82) is 0 Å². The predicted octanol–water partition coefficient (Wildman–Crippen LogP) is 11.5. The van der Waals surface area contributed by atoms with Crippen LogP contribution in [0.25, 0.3) is 22.3 Å². The van der Waals surface area contributed by atoms with Crippen molar-refractivity contribution in [2.24, 2.45) is 0 Å². The Morgan fingerprint density at radius 3 is 1.74 bits per heavy atom. The molecule has 0 aromatic heterocycles. The number of benzene rings is 3. The van der Waals surface area contributed by atoms with Gasteiger partial charge in [0, 0.05) is 11.1 Å². The normalized spacial score (nSPS) is 11.2. The van der Waals surface area contributed by atoms with Gasteiger partial charge >= 0.3 is 0 Å². The van der Waals surface area contributed by atoms with E-state index in [1.807, 2.05) is 12.1 Å². The van der Waals surface area contributed by atoms with Crippen LogP contribution in [0.15, 0.2) is 54.6 Å². The van der Waals surface area contributed by atoms with Crippen LogP contribution in [-0.2, 0) is 6.42 Å². The summed E-state index contributed by atoms with van der Waals surface area (Å²) in [5.74, 6) is -2.87. The summed E-state index contributed by atoms with van der Waals surface area (Å²) in [5, 5.41) is 0. The minimum absolute atomic E-state index is 0.0354. The molecule has 3 aromatic carbocycles. The summed E-state index contributed by atoms with van der Waals surface area (Å²) in [5.41, 5.74) is 2.81. The van der Waals surface area contributed by atoms with Gasteiger partial charge in [-0.15, -0.1) is 0 Å². The molecule has 0 fully saturated rings. The molecule has 0 saturated heterocycles. The molecule has 0 spiro atoms. The van der Waals surface area contributed by atoms with Crippen molar-refractivity contribution in [3.8, 4) is 28.0 Å². The average Bonchev–Trinajstić information content (AvgIpc) is 2.95. The number of hydrogen-bond donors (Lipinski definition) is 0. The fourth-order valence-corrected chi connectivity index (χ4v) is 4.98. The maximum atomic E-state index is 15.1. The van der Waals surface area contributed by atoms with Crippen molar-refractivity contribution in [1.82, 2.24) is 0 Å². The zero-order chi connectivity index (χ0) is 27.9. The quantitative estimate of drug-likeness (QED) is 0.146. The molecule has 0 aliphatic carbocycles. The van der Waals surface area contributed by atoms with Gasteiger partial charge in [0.25, 0.3) is 0 Å². The SMILES string of the molecule is CCCCCCCCCc1ccc(-c2ccc(-c3ccc(OCCCCCCCC)c(F)c3F)c(F)c2)cc1. The number of unbranched alkanes of at least 4 members (excludes halogenated alkanes) is 11. The maximum absolute atomic E-state index is 15.1. The van der Waals surface area contributed by atoms with Crippen LogP contribution in [-0.4, -0.2) is 6.61 Å². The standard InChI is InChI=1S/C35H45F3O/c1-3-5-7-9-11-12-14-16-27-17-19-28(20-18-27)29-21-22-30(32(36)26-29)31-23-24-33(35(38)34(31)37)39-25-15-13-10-8-6-4-2/h17-24,26H,3-16,25H2,1-2H3. The van der Waals surface area contributed by atoms with Crippen molar-refractivity contribution in [2.45, 2.75) is 104 Å². The van der Waals surface area contributed by atoms with E-state index < -0.39 is 17.5 Å². The predicted molar refractivity (Wildman–Crippen MR) is 158 cm³/mol. The molecular formula is C35H45F3O. The van der Waals surface area contributed by atoms with Crippen molar-refractivity contribution in [2.75, 3.05) is 6.61 Å². The zero-order valence-electron chi connectivity index (χ0n) is 23.8. The van der Waals surface area contributed by atoms with E-state index in [1.165, 1.54) is 94.0 Å². The molecule has 3 aromatic rings. The number of halogens is 3. The third-order valence-electron chi connectivity index (χ3n) is 7.42. The van der Waals surface area contributed by atoms with Gasteiger partial charge in [-0.05, 0) is 54.2 Å². The van der Waals surface area contributed by atoms with Crippen LogP contribution in [0.2, 0.25) is 0 Å². The van der Waals surface area contributed by atoms with Crippen molar-refractivity contribution >= 4 is 0 Å². The largest absolute Gasteiger partial charge is 0.490 e. The molecule has 212 valence electrons. The van der Waals surface area contributed by atoms with E-state index in [4.69, 9.17) is 4.74 Å². The van der Waals surface area contributed by atoms with Crippen LogP contribution in [0.3, 0.4) is 0 Å². The second-order valence-electron chi connectivity index (χ2n) is 10.6. The average molecular weight is 539 g/mol. The van der Waals surface area contributed by atoms with Crippen LogP contribution in [0.5, 0.6) is 5.75 Å². The van der Waals surface area contributed by atoms with Gasteiger partial charge in [-0.25, -0.2) is 8.78 Å². The topological polar surface area (TPSA) is 9.23 Å². The molecule has 0 aliphatic rings. The molecule has 1 nitrogen and oxygen atoms in total. The van der Waals surface area contributed by atoms with Crippen molar-refractivity contribution < 1.29 is 17.9 Å². The van der Waals surface area contributed by atoms with Crippen LogP contribution < -0.4 is 4.74 Å². The molecule has 0 unspecified atom stereocenters. The molecular weight excluding hydrogens is 493 g/mol. The second-order valence-corrected chi connectivity index (χ2v) is 10.6. The first-order valence-electron chi connectivity index (χ1n) is 15.0. The van der Waals surface area contributed by atoms with Crippen LogP contribution in [0.1, 0.15) is 103 Å². The van der Waals surface area contributed by atoms with Gasteiger partial charge in [0.1, 0.15) is 5.82 Å². The van der Waals surface area contributed by atoms with Crippen LogP contribution in [0, 0.1) is 17.5 Å². The van der Waals surface area contributed by atoms with E-state index in [0.29, 0.717) is 12.2 Å². The molecule has 0 heterocycles. The fourth-order valence-electron chi connectivity index (χ4n) is 4.98. The van der Waals surface area contributed by atoms with E-state index in [9.17, 15) is 8.78 Å². The lowest BCUT2D eigenvalue weighted by molar-refractivity contribution is 0.285. The summed E-state index contributed by atoms with van der Waals surface area (Å²) in [6, 6.07) is 15.6. The number of hydrogen-bond acceptors (Lipinski definition) is 1. The highest BCUT2D eigenvalue weighted by Crippen LogP contribution is 2.33. The van der Waals surface area contributed by atoms with Gasteiger partial charge < -0.3 is 4.74 Å².